The standard InChI is InChI=1S/C41H48O9/c1-27(2)36-23-10-29(5)26-37(36)50-40(44)32-13-11-30(12-14-32)31-15-19-34(20-16-31)48-39(43)33-17-21-35(22-18-33)49-41(45)47-25-9-7-6-8-24-46-38(42)28(3)4/h11-22,27,29,36-37H,3,6-10,23-26H2,1-2,4-5H3. The summed E-state index contributed by atoms with van der Waals surface area (Å²) in [6, 6.07) is 20.4. The summed E-state index contributed by atoms with van der Waals surface area (Å²) in [7, 11) is 0. The van der Waals surface area contributed by atoms with Gasteiger partial charge in [0, 0.05) is 5.57 Å². The van der Waals surface area contributed by atoms with Gasteiger partial charge in [0.2, 0.25) is 0 Å². The van der Waals surface area contributed by atoms with Gasteiger partial charge in [-0.15, -0.1) is 0 Å². The predicted molar refractivity (Wildman–Crippen MR) is 190 cm³/mol. The molecule has 1 fully saturated rings. The lowest BCUT2D eigenvalue weighted by Crippen LogP contribution is -2.35. The van der Waals surface area contributed by atoms with Gasteiger partial charge in [-0.3, -0.25) is 0 Å². The van der Waals surface area contributed by atoms with Crippen molar-refractivity contribution in [3.8, 4) is 22.6 Å². The van der Waals surface area contributed by atoms with Crippen molar-refractivity contribution in [1.29, 1.82) is 0 Å². The maximum absolute atomic E-state index is 13.0. The van der Waals surface area contributed by atoms with Crippen LogP contribution in [0, 0.1) is 17.8 Å². The molecule has 0 spiro atoms. The fraction of sp³-hybridized carbons (Fsp3) is 0.415. The normalized spacial score (nSPS) is 17.0. The van der Waals surface area contributed by atoms with Crippen LogP contribution in [0.15, 0.2) is 84.9 Å². The van der Waals surface area contributed by atoms with Crippen molar-refractivity contribution < 1.29 is 42.9 Å². The Morgan fingerprint density at radius 3 is 1.82 bits per heavy atom. The number of benzene rings is 3. The Kier molecular flexibility index (Phi) is 14.2. The third kappa shape index (κ3) is 11.6. The number of hydrogen-bond acceptors (Lipinski definition) is 9. The summed E-state index contributed by atoms with van der Waals surface area (Å²) in [5.74, 6) is 0.775. The lowest BCUT2D eigenvalue weighted by molar-refractivity contribution is -0.139. The first-order valence-electron chi connectivity index (χ1n) is 17.4. The molecular formula is C41H48O9. The van der Waals surface area contributed by atoms with Crippen molar-refractivity contribution >= 4 is 24.1 Å². The third-order valence-electron chi connectivity index (χ3n) is 8.87. The van der Waals surface area contributed by atoms with Gasteiger partial charge in [0.25, 0.3) is 0 Å². The number of carbonyl (C=O) groups excluding carboxylic acids is 4. The van der Waals surface area contributed by atoms with Crippen LogP contribution in [0.3, 0.4) is 0 Å². The number of hydrogen-bond donors (Lipinski definition) is 0. The number of ether oxygens (including phenoxy) is 5. The molecule has 1 aliphatic rings. The molecule has 0 radical (unpaired) electrons. The van der Waals surface area contributed by atoms with Crippen LogP contribution in [0.1, 0.15) is 93.4 Å². The van der Waals surface area contributed by atoms with Crippen molar-refractivity contribution in [3.63, 3.8) is 0 Å². The van der Waals surface area contributed by atoms with Crippen LogP contribution in [-0.2, 0) is 19.0 Å². The summed E-state index contributed by atoms with van der Waals surface area (Å²) in [6.45, 7) is 12.3. The first kappa shape index (κ1) is 37.9. The van der Waals surface area contributed by atoms with E-state index < -0.39 is 18.1 Å². The van der Waals surface area contributed by atoms with Gasteiger partial charge in [0.15, 0.2) is 0 Å². The van der Waals surface area contributed by atoms with E-state index in [1.54, 1.807) is 31.2 Å². The number of esters is 3. The molecule has 4 rings (SSSR count). The number of rotatable bonds is 15. The molecule has 0 bridgehead atoms. The van der Waals surface area contributed by atoms with E-state index in [0.717, 1.165) is 43.2 Å². The fourth-order valence-corrected chi connectivity index (χ4v) is 5.92. The zero-order chi connectivity index (χ0) is 36.0. The van der Waals surface area contributed by atoms with Gasteiger partial charge in [-0.05, 0) is 123 Å². The molecule has 0 amide bonds. The number of carbonyl (C=O) groups is 4. The van der Waals surface area contributed by atoms with E-state index in [2.05, 4.69) is 27.4 Å². The van der Waals surface area contributed by atoms with Crippen LogP contribution in [-0.4, -0.2) is 43.4 Å². The minimum Gasteiger partial charge on any atom is -0.462 e. The largest absolute Gasteiger partial charge is 0.513 e. The molecule has 3 aromatic carbocycles. The molecule has 50 heavy (non-hydrogen) atoms. The van der Waals surface area contributed by atoms with Gasteiger partial charge < -0.3 is 23.7 Å². The van der Waals surface area contributed by atoms with Crippen molar-refractivity contribution in [2.75, 3.05) is 13.2 Å². The summed E-state index contributed by atoms with van der Waals surface area (Å²) in [6.07, 6.45) is 5.29. The average molecular weight is 685 g/mol. The lowest BCUT2D eigenvalue weighted by atomic mass is 9.75. The zero-order valence-corrected chi connectivity index (χ0v) is 29.5. The molecule has 3 unspecified atom stereocenters. The smallest absolute Gasteiger partial charge is 0.462 e. The molecule has 3 aromatic rings. The minimum atomic E-state index is -0.834. The quantitative estimate of drug-likeness (QED) is 0.0386. The molecule has 0 aromatic heterocycles. The maximum Gasteiger partial charge on any atom is 0.513 e. The Morgan fingerprint density at radius 2 is 1.22 bits per heavy atom. The van der Waals surface area contributed by atoms with Crippen molar-refractivity contribution in [3.05, 3.63) is 96.1 Å². The summed E-state index contributed by atoms with van der Waals surface area (Å²) in [5, 5.41) is 0. The van der Waals surface area contributed by atoms with Crippen LogP contribution >= 0.6 is 0 Å². The van der Waals surface area contributed by atoms with Gasteiger partial charge in [0.1, 0.15) is 17.6 Å². The van der Waals surface area contributed by atoms with Crippen molar-refractivity contribution in [2.24, 2.45) is 17.8 Å². The van der Waals surface area contributed by atoms with Gasteiger partial charge in [-0.1, -0.05) is 58.0 Å². The molecule has 3 atom stereocenters. The summed E-state index contributed by atoms with van der Waals surface area (Å²) in [5.41, 5.74) is 3.00. The summed E-state index contributed by atoms with van der Waals surface area (Å²) < 4.78 is 26.8. The maximum atomic E-state index is 13.0. The van der Waals surface area contributed by atoms with Crippen molar-refractivity contribution in [1.82, 2.24) is 0 Å². The SMILES string of the molecule is C=C(C)C(=O)OCCCCCCOC(=O)Oc1ccc(C(=O)Oc2ccc(-c3ccc(C(=O)OC4CC(C)CCC4C(C)C)cc3)cc2)cc1. The second-order valence-corrected chi connectivity index (χ2v) is 13.3. The molecule has 0 saturated heterocycles. The van der Waals surface area contributed by atoms with Gasteiger partial charge in [-0.2, -0.15) is 0 Å². The van der Waals surface area contributed by atoms with Crippen molar-refractivity contribution in [2.45, 2.75) is 78.7 Å². The van der Waals surface area contributed by atoms with Crippen LogP contribution in [0.5, 0.6) is 11.5 Å². The molecule has 0 aliphatic heterocycles. The summed E-state index contributed by atoms with van der Waals surface area (Å²) >= 11 is 0. The van der Waals surface area contributed by atoms with E-state index in [1.807, 2.05) is 24.3 Å². The van der Waals surface area contributed by atoms with Crippen LogP contribution in [0.25, 0.3) is 11.1 Å². The first-order chi connectivity index (χ1) is 24.0. The molecule has 9 heteroatoms. The van der Waals surface area contributed by atoms with E-state index in [4.69, 9.17) is 23.7 Å². The molecule has 0 N–H and O–H groups in total. The van der Waals surface area contributed by atoms with E-state index in [-0.39, 0.29) is 30.0 Å². The van der Waals surface area contributed by atoms with Crippen LogP contribution in [0.4, 0.5) is 4.79 Å². The summed E-state index contributed by atoms with van der Waals surface area (Å²) in [4.78, 5) is 49.0. The van der Waals surface area contributed by atoms with E-state index in [9.17, 15) is 19.2 Å². The first-order valence-corrected chi connectivity index (χ1v) is 17.4. The highest BCUT2D eigenvalue weighted by Gasteiger charge is 2.33. The Morgan fingerprint density at radius 1 is 0.700 bits per heavy atom. The average Bonchev–Trinajstić information content (AvgIpc) is 3.09. The highest BCUT2D eigenvalue weighted by atomic mass is 16.7. The Bertz CT molecular complexity index is 1590. The predicted octanol–water partition coefficient (Wildman–Crippen LogP) is 9.39. The van der Waals surface area contributed by atoms with Crippen LogP contribution < -0.4 is 9.47 Å². The molecule has 0 heterocycles. The Labute approximate surface area is 294 Å². The number of unbranched alkanes of at least 4 members (excludes halogenated alkanes) is 3. The monoisotopic (exact) mass is 684 g/mol. The van der Waals surface area contributed by atoms with Gasteiger partial charge in [0.05, 0.1) is 24.3 Å². The Hall–Kier alpha value is -4.92. The van der Waals surface area contributed by atoms with Crippen LogP contribution in [0.2, 0.25) is 0 Å². The lowest BCUT2D eigenvalue weighted by Gasteiger charge is -2.36. The van der Waals surface area contributed by atoms with Gasteiger partial charge >= 0.3 is 24.1 Å². The van der Waals surface area contributed by atoms with E-state index in [1.165, 1.54) is 30.7 Å². The molecule has 266 valence electrons. The third-order valence-corrected chi connectivity index (χ3v) is 8.87. The fourth-order valence-electron chi connectivity index (χ4n) is 5.92. The minimum absolute atomic E-state index is 0.0530. The molecule has 9 nitrogen and oxygen atoms in total. The highest BCUT2D eigenvalue weighted by Crippen LogP contribution is 2.36. The molecule has 1 saturated carbocycles. The highest BCUT2D eigenvalue weighted by molar-refractivity contribution is 5.91. The Balaban J connectivity index is 1.18. The second kappa shape index (κ2) is 18.7. The van der Waals surface area contributed by atoms with E-state index >= 15 is 0 Å². The zero-order valence-electron chi connectivity index (χ0n) is 29.5. The van der Waals surface area contributed by atoms with Gasteiger partial charge in [-0.25, -0.2) is 19.2 Å². The topological polar surface area (TPSA) is 114 Å². The van der Waals surface area contributed by atoms with E-state index in [0.29, 0.717) is 47.7 Å². The molecule has 1 aliphatic carbocycles. The molecular weight excluding hydrogens is 636 g/mol. The second-order valence-electron chi connectivity index (χ2n) is 13.3.